The first-order chi connectivity index (χ1) is 8.65. The minimum Gasteiger partial charge on any atom is -0.343 e. The zero-order valence-electron chi connectivity index (χ0n) is 11.2. The van der Waals surface area contributed by atoms with Crippen molar-refractivity contribution in [2.75, 3.05) is 0 Å². The molecule has 0 aromatic heterocycles. The lowest BCUT2D eigenvalue weighted by Crippen LogP contribution is -2.64. The van der Waals surface area contributed by atoms with Crippen molar-refractivity contribution in [1.29, 1.82) is 0 Å². The van der Waals surface area contributed by atoms with Crippen LogP contribution in [0.15, 0.2) is 12.2 Å². The van der Waals surface area contributed by atoms with Crippen LogP contribution < -0.4 is 5.32 Å². The Balaban J connectivity index is 2.16. The van der Waals surface area contributed by atoms with Gasteiger partial charge in [-0.2, -0.15) is 0 Å². The average Bonchev–Trinajstić information content (AvgIpc) is 2.38. The molecule has 1 aliphatic carbocycles. The third kappa shape index (κ3) is 2.42. The monoisotopic (exact) mass is 250 g/mol. The standard InChI is InChI=1S/C14H22N2O2/c1-3-7-12-14(18)16(10(2)13(17)15-12)11-8-5-4-6-9-11/h4-5,10-12H,3,6-9H2,1-2H3,(H,15,17). The van der Waals surface area contributed by atoms with E-state index in [9.17, 15) is 9.59 Å². The van der Waals surface area contributed by atoms with Gasteiger partial charge in [-0.15, -0.1) is 0 Å². The Morgan fingerprint density at radius 1 is 1.39 bits per heavy atom. The maximum atomic E-state index is 12.5. The highest BCUT2D eigenvalue weighted by molar-refractivity contribution is 5.96. The van der Waals surface area contributed by atoms with Gasteiger partial charge in [0.25, 0.3) is 0 Å². The molecule has 1 heterocycles. The molecule has 0 aromatic carbocycles. The molecule has 2 aliphatic rings. The van der Waals surface area contributed by atoms with E-state index in [1.54, 1.807) is 0 Å². The van der Waals surface area contributed by atoms with Crippen molar-refractivity contribution in [3.05, 3.63) is 12.2 Å². The van der Waals surface area contributed by atoms with Gasteiger partial charge in [0.15, 0.2) is 0 Å². The van der Waals surface area contributed by atoms with E-state index in [1.807, 2.05) is 18.7 Å². The molecule has 2 rings (SSSR count). The summed E-state index contributed by atoms with van der Waals surface area (Å²) in [6, 6.07) is -0.449. The predicted octanol–water partition coefficient (Wildman–Crippen LogP) is 1.61. The van der Waals surface area contributed by atoms with Gasteiger partial charge in [-0.3, -0.25) is 9.59 Å². The van der Waals surface area contributed by atoms with Gasteiger partial charge in [-0.1, -0.05) is 25.5 Å². The molecule has 4 nitrogen and oxygen atoms in total. The summed E-state index contributed by atoms with van der Waals surface area (Å²) in [4.78, 5) is 26.2. The lowest BCUT2D eigenvalue weighted by molar-refractivity contribution is -0.151. The Labute approximate surface area is 108 Å². The van der Waals surface area contributed by atoms with Gasteiger partial charge in [-0.05, 0) is 32.6 Å². The van der Waals surface area contributed by atoms with Crippen molar-refractivity contribution in [3.63, 3.8) is 0 Å². The smallest absolute Gasteiger partial charge is 0.246 e. The first-order valence-electron chi connectivity index (χ1n) is 6.92. The number of hydrogen-bond acceptors (Lipinski definition) is 2. The van der Waals surface area contributed by atoms with Crippen LogP contribution in [0.4, 0.5) is 0 Å². The van der Waals surface area contributed by atoms with Gasteiger partial charge in [0, 0.05) is 6.04 Å². The number of carbonyl (C=O) groups excluding carboxylic acids is 2. The number of amides is 2. The van der Waals surface area contributed by atoms with Crippen LogP contribution in [0.1, 0.15) is 46.0 Å². The lowest BCUT2D eigenvalue weighted by Gasteiger charge is -2.42. The molecular formula is C14H22N2O2. The summed E-state index contributed by atoms with van der Waals surface area (Å²) in [5.74, 6) is 0.0897. The minimum absolute atomic E-state index is 0.0115. The molecule has 0 aromatic rings. The molecule has 0 spiro atoms. The summed E-state index contributed by atoms with van der Waals surface area (Å²) in [5, 5.41) is 2.84. The van der Waals surface area contributed by atoms with Gasteiger partial charge < -0.3 is 10.2 Å². The Hall–Kier alpha value is -1.32. The number of allylic oxidation sites excluding steroid dienone is 1. The van der Waals surface area contributed by atoms with Crippen LogP contribution in [0.5, 0.6) is 0 Å². The highest BCUT2D eigenvalue weighted by atomic mass is 16.2. The molecule has 3 atom stereocenters. The summed E-state index contributed by atoms with van der Waals surface area (Å²) in [6.07, 6.45) is 8.76. The number of piperazine rings is 1. The van der Waals surface area contributed by atoms with Crippen molar-refractivity contribution in [1.82, 2.24) is 10.2 Å². The second-order valence-electron chi connectivity index (χ2n) is 5.21. The van der Waals surface area contributed by atoms with Gasteiger partial charge in [0.1, 0.15) is 12.1 Å². The Kier molecular flexibility index (Phi) is 4.04. The third-order valence-corrected chi connectivity index (χ3v) is 3.88. The molecule has 3 unspecified atom stereocenters. The van der Waals surface area contributed by atoms with Gasteiger partial charge in [0.2, 0.25) is 11.8 Å². The van der Waals surface area contributed by atoms with Crippen LogP contribution >= 0.6 is 0 Å². The fourth-order valence-electron chi connectivity index (χ4n) is 2.86. The average molecular weight is 250 g/mol. The molecule has 2 amide bonds. The van der Waals surface area contributed by atoms with E-state index in [2.05, 4.69) is 17.5 Å². The zero-order valence-corrected chi connectivity index (χ0v) is 11.2. The van der Waals surface area contributed by atoms with Crippen LogP contribution in [0.25, 0.3) is 0 Å². The summed E-state index contributed by atoms with van der Waals surface area (Å²) in [5.41, 5.74) is 0. The molecule has 18 heavy (non-hydrogen) atoms. The lowest BCUT2D eigenvalue weighted by atomic mass is 9.95. The first kappa shape index (κ1) is 13.1. The van der Waals surface area contributed by atoms with Crippen molar-refractivity contribution in [2.24, 2.45) is 0 Å². The first-order valence-corrected chi connectivity index (χ1v) is 6.92. The normalized spacial score (nSPS) is 32.6. The molecule has 0 radical (unpaired) electrons. The molecule has 1 saturated heterocycles. The topological polar surface area (TPSA) is 49.4 Å². The summed E-state index contributed by atoms with van der Waals surface area (Å²) >= 11 is 0. The van der Waals surface area contributed by atoms with E-state index in [0.717, 1.165) is 32.1 Å². The van der Waals surface area contributed by atoms with E-state index < -0.39 is 0 Å². The largest absolute Gasteiger partial charge is 0.343 e. The molecule has 0 bridgehead atoms. The van der Waals surface area contributed by atoms with Gasteiger partial charge in [0.05, 0.1) is 0 Å². The van der Waals surface area contributed by atoms with Crippen LogP contribution in [-0.4, -0.2) is 34.8 Å². The molecular weight excluding hydrogens is 228 g/mol. The van der Waals surface area contributed by atoms with Crippen LogP contribution in [0.2, 0.25) is 0 Å². The second kappa shape index (κ2) is 5.55. The number of nitrogens with one attached hydrogen (secondary N) is 1. The van der Waals surface area contributed by atoms with E-state index in [0.29, 0.717) is 0 Å². The second-order valence-corrected chi connectivity index (χ2v) is 5.21. The van der Waals surface area contributed by atoms with Crippen LogP contribution in [0.3, 0.4) is 0 Å². The van der Waals surface area contributed by atoms with E-state index in [4.69, 9.17) is 0 Å². The minimum atomic E-state index is -0.331. The van der Waals surface area contributed by atoms with Crippen LogP contribution in [0, 0.1) is 0 Å². The number of rotatable bonds is 3. The summed E-state index contributed by atoms with van der Waals surface area (Å²) in [6.45, 7) is 3.86. The Morgan fingerprint density at radius 3 is 2.78 bits per heavy atom. The van der Waals surface area contributed by atoms with Gasteiger partial charge >= 0.3 is 0 Å². The summed E-state index contributed by atoms with van der Waals surface area (Å²) in [7, 11) is 0. The van der Waals surface area contributed by atoms with Crippen molar-refractivity contribution < 1.29 is 9.59 Å². The van der Waals surface area contributed by atoms with Crippen molar-refractivity contribution in [2.45, 2.75) is 64.1 Å². The van der Waals surface area contributed by atoms with Gasteiger partial charge in [-0.25, -0.2) is 0 Å². The number of carbonyl (C=O) groups is 2. The maximum absolute atomic E-state index is 12.5. The summed E-state index contributed by atoms with van der Waals surface area (Å²) < 4.78 is 0. The molecule has 4 heteroatoms. The SMILES string of the molecule is CCCC1NC(=O)C(C)N(C2CC=CCC2)C1=O. The molecule has 100 valence electrons. The number of hydrogen-bond donors (Lipinski definition) is 1. The molecule has 0 saturated carbocycles. The zero-order chi connectivity index (χ0) is 13.1. The molecule has 1 N–H and O–H groups in total. The van der Waals surface area contributed by atoms with Crippen molar-refractivity contribution in [3.8, 4) is 0 Å². The number of nitrogens with zero attached hydrogens (tertiary/aromatic N) is 1. The fourth-order valence-corrected chi connectivity index (χ4v) is 2.86. The quantitative estimate of drug-likeness (QED) is 0.774. The Bertz CT molecular complexity index is 365. The highest BCUT2D eigenvalue weighted by Gasteiger charge is 2.40. The molecule has 1 fully saturated rings. The highest BCUT2D eigenvalue weighted by Crippen LogP contribution is 2.24. The predicted molar refractivity (Wildman–Crippen MR) is 69.9 cm³/mol. The van der Waals surface area contributed by atoms with E-state index in [1.165, 1.54) is 0 Å². The van der Waals surface area contributed by atoms with E-state index >= 15 is 0 Å². The van der Waals surface area contributed by atoms with E-state index in [-0.39, 0.29) is 29.9 Å². The fraction of sp³-hybridized carbons (Fsp3) is 0.714. The molecule has 1 aliphatic heterocycles. The van der Waals surface area contributed by atoms with Crippen LogP contribution in [-0.2, 0) is 9.59 Å². The maximum Gasteiger partial charge on any atom is 0.246 e. The third-order valence-electron chi connectivity index (χ3n) is 3.88. The van der Waals surface area contributed by atoms with Crippen molar-refractivity contribution >= 4 is 11.8 Å². The Morgan fingerprint density at radius 2 is 2.17 bits per heavy atom.